The number of aromatic nitrogens is 4. The van der Waals surface area contributed by atoms with E-state index in [0.29, 0.717) is 30.2 Å². The van der Waals surface area contributed by atoms with E-state index in [1.165, 1.54) is 24.7 Å². The molecule has 0 aliphatic carbocycles. The number of nitrogens with zero attached hydrogens (tertiary/aromatic N) is 4. The molecule has 2 atom stereocenters. The van der Waals surface area contributed by atoms with Crippen LogP contribution in [-0.2, 0) is 14.8 Å². The molecule has 2 N–H and O–H groups in total. The number of nitrogens with one attached hydrogen (secondary N) is 2. The molecule has 22 heavy (non-hydrogen) atoms. The number of hydrogen-bond acceptors (Lipinski definition) is 7. The van der Waals surface area contributed by atoms with Crippen molar-refractivity contribution < 1.29 is 13.2 Å². The fraction of sp³-hybridized carbons (Fsp3) is 0.583. The van der Waals surface area contributed by atoms with Gasteiger partial charge in [-0.05, 0) is 0 Å². The molecule has 1 aliphatic rings. The summed E-state index contributed by atoms with van der Waals surface area (Å²) in [4.78, 5) is 15.3. The molecule has 0 aromatic carbocycles. The van der Waals surface area contributed by atoms with Gasteiger partial charge in [0.1, 0.15) is 11.8 Å². The maximum Gasteiger partial charge on any atom is 0.214 e. The summed E-state index contributed by atoms with van der Waals surface area (Å²) in [5.41, 5.74) is 1.26. The minimum Gasteiger partial charge on any atom is -0.379 e. The van der Waals surface area contributed by atoms with Crippen molar-refractivity contribution in [2.24, 2.45) is 5.92 Å². The summed E-state index contributed by atoms with van der Waals surface area (Å²) in [6.45, 7) is 0.842. The van der Waals surface area contributed by atoms with Gasteiger partial charge < -0.3 is 15.0 Å². The Morgan fingerprint density at radius 3 is 2.95 bits per heavy atom. The first-order valence-electron chi connectivity index (χ1n) is 6.86. The molecule has 10 heteroatoms. The highest BCUT2D eigenvalue weighted by Crippen LogP contribution is 2.23. The third-order valence-electron chi connectivity index (χ3n) is 3.72. The molecule has 0 spiro atoms. The molecule has 3 rings (SSSR count). The lowest BCUT2D eigenvalue weighted by atomic mass is 10.1. The van der Waals surface area contributed by atoms with Gasteiger partial charge in [0.25, 0.3) is 0 Å². The minimum atomic E-state index is -3.28. The van der Waals surface area contributed by atoms with Crippen LogP contribution < -0.4 is 5.32 Å². The lowest BCUT2D eigenvalue weighted by Gasteiger charge is -2.21. The molecule has 9 nitrogen and oxygen atoms in total. The van der Waals surface area contributed by atoms with E-state index in [2.05, 4.69) is 25.3 Å². The monoisotopic (exact) mass is 326 g/mol. The van der Waals surface area contributed by atoms with Crippen LogP contribution in [0.2, 0.25) is 0 Å². The fourth-order valence-electron chi connectivity index (χ4n) is 2.39. The zero-order valence-corrected chi connectivity index (χ0v) is 13.2. The summed E-state index contributed by atoms with van der Waals surface area (Å²) in [5.74, 6) is 0.500. The van der Waals surface area contributed by atoms with E-state index in [0.717, 1.165) is 0 Å². The third kappa shape index (κ3) is 2.89. The molecule has 1 fully saturated rings. The van der Waals surface area contributed by atoms with E-state index < -0.39 is 10.0 Å². The second-order valence-corrected chi connectivity index (χ2v) is 7.66. The van der Waals surface area contributed by atoms with E-state index >= 15 is 0 Å². The smallest absolute Gasteiger partial charge is 0.214 e. The quantitative estimate of drug-likeness (QED) is 0.773. The Kier molecular flexibility index (Phi) is 3.98. The second kappa shape index (κ2) is 5.78. The van der Waals surface area contributed by atoms with Crippen LogP contribution >= 0.6 is 0 Å². The molecule has 0 unspecified atom stereocenters. The highest BCUT2D eigenvalue weighted by molar-refractivity contribution is 7.89. The lowest BCUT2D eigenvalue weighted by Crippen LogP contribution is -2.37. The summed E-state index contributed by atoms with van der Waals surface area (Å²) >= 11 is 0. The maximum atomic E-state index is 12.1. The first-order chi connectivity index (χ1) is 10.5. The summed E-state index contributed by atoms with van der Waals surface area (Å²) < 4.78 is 30.8. The second-order valence-electron chi connectivity index (χ2n) is 5.43. The maximum absolute atomic E-state index is 12.1. The topological polar surface area (TPSA) is 113 Å². The van der Waals surface area contributed by atoms with Crippen molar-refractivity contribution in [2.75, 3.05) is 38.4 Å². The lowest BCUT2D eigenvalue weighted by molar-refractivity contribution is 0.187. The largest absolute Gasteiger partial charge is 0.379 e. The van der Waals surface area contributed by atoms with Gasteiger partial charge >= 0.3 is 0 Å². The zero-order valence-electron chi connectivity index (χ0n) is 12.4. The van der Waals surface area contributed by atoms with Crippen LogP contribution in [0.1, 0.15) is 0 Å². The van der Waals surface area contributed by atoms with E-state index in [9.17, 15) is 8.42 Å². The first kappa shape index (κ1) is 15.1. The normalized spacial score (nSPS) is 22.5. The van der Waals surface area contributed by atoms with Crippen molar-refractivity contribution in [3.8, 4) is 0 Å². The van der Waals surface area contributed by atoms with Crippen LogP contribution in [0.5, 0.6) is 0 Å². The Morgan fingerprint density at radius 1 is 1.36 bits per heavy atom. The van der Waals surface area contributed by atoms with Gasteiger partial charge in [0, 0.05) is 20.0 Å². The predicted molar refractivity (Wildman–Crippen MR) is 80.9 cm³/mol. The van der Waals surface area contributed by atoms with Gasteiger partial charge in [-0.2, -0.15) is 0 Å². The highest BCUT2D eigenvalue weighted by Gasteiger charge is 2.33. The number of sulfonamides is 1. The Morgan fingerprint density at radius 2 is 2.18 bits per heavy atom. The number of H-pyrrole nitrogens is 1. The summed E-state index contributed by atoms with van der Waals surface area (Å²) in [6, 6.07) is -0.129. The van der Waals surface area contributed by atoms with Gasteiger partial charge in [-0.15, -0.1) is 0 Å². The summed E-state index contributed by atoms with van der Waals surface area (Å²) in [7, 11) is -0.210. The van der Waals surface area contributed by atoms with Crippen molar-refractivity contribution in [3.63, 3.8) is 0 Å². The Bertz CT molecular complexity index is 759. The van der Waals surface area contributed by atoms with Gasteiger partial charge in [0.15, 0.2) is 11.5 Å². The molecule has 0 saturated carbocycles. The number of aromatic amines is 1. The van der Waals surface area contributed by atoms with Crippen LogP contribution in [-0.4, -0.2) is 71.8 Å². The van der Waals surface area contributed by atoms with E-state index in [1.54, 1.807) is 6.33 Å². The molecule has 0 amide bonds. The molecular weight excluding hydrogens is 308 g/mol. The number of hydrogen-bond donors (Lipinski definition) is 2. The number of fused-ring (bicyclic) bond motifs is 1. The Labute approximate surface area is 128 Å². The van der Waals surface area contributed by atoms with Crippen LogP contribution in [0.4, 0.5) is 5.82 Å². The van der Waals surface area contributed by atoms with Crippen LogP contribution in [0, 0.1) is 5.92 Å². The van der Waals surface area contributed by atoms with Gasteiger partial charge in [-0.25, -0.2) is 27.7 Å². The van der Waals surface area contributed by atoms with E-state index in [-0.39, 0.29) is 17.7 Å². The SMILES string of the molecule is CN(C)S(=O)(=O)C[C@@H]1COC[C@H]1Nc1ncnc2nc[nH]c12. The number of rotatable bonds is 5. The Hall–Kier alpha value is -1.78. The third-order valence-corrected chi connectivity index (χ3v) is 5.69. The predicted octanol–water partition coefficient (Wildman–Crippen LogP) is -0.329. The van der Waals surface area contributed by atoms with Crippen molar-refractivity contribution in [3.05, 3.63) is 12.7 Å². The molecule has 2 aromatic rings. The van der Waals surface area contributed by atoms with Gasteiger partial charge in [-0.3, -0.25) is 0 Å². The highest BCUT2D eigenvalue weighted by atomic mass is 32.2. The Balaban J connectivity index is 1.78. The molecule has 2 aromatic heterocycles. The van der Waals surface area contributed by atoms with Gasteiger partial charge in [-0.1, -0.05) is 0 Å². The molecule has 0 bridgehead atoms. The van der Waals surface area contributed by atoms with Crippen molar-refractivity contribution in [2.45, 2.75) is 6.04 Å². The summed E-state index contributed by atoms with van der Waals surface area (Å²) in [6.07, 6.45) is 2.97. The zero-order chi connectivity index (χ0) is 15.7. The molecule has 1 aliphatic heterocycles. The first-order valence-corrected chi connectivity index (χ1v) is 8.47. The molecule has 0 radical (unpaired) electrons. The number of imidazole rings is 1. The molecule has 120 valence electrons. The number of anilines is 1. The molecule has 1 saturated heterocycles. The van der Waals surface area contributed by atoms with Gasteiger partial charge in [0.05, 0.1) is 31.3 Å². The average molecular weight is 326 g/mol. The molecular formula is C12H18N6O3S. The minimum absolute atomic E-state index is 0.0366. The van der Waals surface area contributed by atoms with E-state index in [1.807, 2.05) is 0 Å². The summed E-state index contributed by atoms with van der Waals surface area (Å²) in [5, 5.41) is 3.25. The fourth-order valence-corrected chi connectivity index (χ4v) is 3.56. The van der Waals surface area contributed by atoms with Crippen LogP contribution in [0.25, 0.3) is 11.2 Å². The standard InChI is InChI=1S/C12H18N6O3S/c1-18(2)22(19,20)5-8-3-21-4-9(8)17-12-10-11(14-6-13-10)15-7-16-12/h6-9H,3-5H2,1-2H3,(H2,13,14,15,16,17)/t8-,9+/m0/s1. The molecule has 3 heterocycles. The van der Waals surface area contributed by atoms with Crippen molar-refractivity contribution in [1.29, 1.82) is 0 Å². The van der Waals surface area contributed by atoms with E-state index in [4.69, 9.17) is 4.74 Å². The van der Waals surface area contributed by atoms with Gasteiger partial charge in [0.2, 0.25) is 10.0 Å². The van der Waals surface area contributed by atoms with Crippen molar-refractivity contribution in [1.82, 2.24) is 24.2 Å². The number of ether oxygens (including phenoxy) is 1. The van der Waals surface area contributed by atoms with Crippen molar-refractivity contribution >= 4 is 27.0 Å². The van der Waals surface area contributed by atoms with Crippen LogP contribution in [0.15, 0.2) is 12.7 Å². The average Bonchev–Trinajstić information content (AvgIpc) is 3.08. The van der Waals surface area contributed by atoms with Crippen LogP contribution in [0.3, 0.4) is 0 Å².